The fourth-order valence-electron chi connectivity index (χ4n) is 2.72. The summed E-state index contributed by atoms with van der Waals surface area (Å²) in [6.45, 7) is 1.89. The Morgan fingerprint density at radius 1 is 0.897 bits per heavy atom. The number of anilines is 1. The minimum Gasteiger partial charge on any atom is -0.497 e. The molecule has 3 rings (SSSR count). The lowest BCUT2D eigenvalue weighted by Gasteiger charge is -2.20. The molecule has 0 aliphatic heterocycles. The number of esters is 1. The molecule has 7 heteroatoms. The van der Waals surface area contributed by atoms with Gasteiger partial charge in [-0.15, -0.1) is 0 Å². The molecule has 0 radical (unpaired) electrons. The predicted molar refractivity (Wildman–Crippen MR) is 111 cm³/mol. The Balaban J connectivity index is 1.85. The number of rotatable bonds is 6. The van der Waals surface area contributed by atoms with Crippen molar-refractivity contribution in [1.29, 1.82) is 0 Å². The van der Waals surface area contributed by atoms with E-state index in [1.54, 1.807) is 42.5 Å². The molecule has 0 amide bonds. The standard InChI is InChI=1S/C22H21NO5S/c1-16-6-4-8-20(14-16)28-22(24)17-7-5-9-21(15-17)29(25,26)23(2)18-10-12-19(27-3)13-11-18/h4-15H,1-3H3. The monoisotopic (exact) mass is 411 g/mol. The molecule has 0 saturated carbocycles. The van der Waals surface area contributed by atoms with Gasteiger partial charge in [0.1, 0.15) is 11.5 Å². The van der Waals surface area contributed by atoms with E-state index in [9.17, 15) is 13.2 Å². The van der Waals surface area contributed by atoms with Crippen molar-refractivity contribution >= 4 is 21.7 Å². The summed E-state index contributed by atoms with van der Waals surface area (Å²) in [6.07, 6.45) is 0. The first kappa shape index (κ1) is 20.4. The Bertz CT molecular complexity index is 1120. The van der Waals surface area contributed by atoms with Crippen molar-refractivity contribution in [1.82, 2.24) is 0 Å². The lowest BCUT2D eigenvalue weighted by molar-refractivity contribution is 0.0734. The molecule has 6 nitrogen and oxygen atoms in total. The summed E-state index contributed by atoms with van der Waals surface area (Å²) in [5.41, 5.74) is 1.57. The topological polar surface area (TPSA) is 72.9 Å². The van der Waals surface area contributed by atoms with Crippen LogP contribution in [0.25, 0.3) is 0 Å². The molecule has 3 aromatic carbocycles. The second-order valence-corrected chi connectivity index (χ2v) is 8.37. The number of hydrogen-bond donors (Lipinski definition) is 0. The lowest BCUT2D eigenvalue weighted by Crippen LogP contribution is -2.26. The third-order valence-corrected chi connectivity index (χ3v) is 6.15. The van der Waals surface area contributed by atoms with Crippen LogP contribution in [-0.2, 0) is 10.0 Å². The predicted octanol–water partition coefficient (Wildman–Crippen LogP) is 4.05. The number of ether oxygens (including phenoxy) is 2. The van der Waals surface area contributed by atoms with E-state index in [-0.39, 0.29) is 10.5 Å². The van der Waals surface area contributed by atoms with Crippen molar-refractivity contribution < 1.29 is 22.7 Å². The molecule has 0 spiro atoms. The Hall–Kier alpha value is -3.32. The maximum Gasteiger partial charge on any atom is 0.343 e. The van der Waals surface area contributed by atoms with Crippen molar-refractivity contribution in [2.24, 2.45) is 0 Å². The van der Waals surface area contributed by atoms with Crippen molar-refractivity contribution in [3.63, 3.8) is 0 Å². The average Bonchev–Trinajstić information content (AvgIpc) is 2.73. The molecule has 0 bridgehead atoms. The first-order chi connectivity index (χ1) is 13.8. The van der Waals surface area contributed by atoms with Gasteiger partial charge in [0.15, 0.2) is 0 Å². The molecule has 0 unspecified atom stereocenters. The Kier molecular flexibility index (Phi) is 5.89. The maximum absolute atomic E-state index is 13.0. The zero-order valence-electron chi connectivity index (χ0n) is 16.3. The molecular weight excluding hydrogens is 390 g/mol. The van der Waals surface area contributed by atoms with E-state index in [1.165, 1.54) is 38.4 Å². The molecule has 0 atom stereocenters. The van der Waals surface area contributed by atoms with Crippen molar-refractivity contribution in [3.05, 3.63) is 83.9 Å². The van der Waals surface area contributed by atoms with Crippen LogP contribution in [-0.4, -0.2) is 28.5 Å². The van der Waals surface area contributed by atoms with Gasteiger partial charge in [0.05, 0.1) is 23.3 Å². The first-order valence-electron chi connectivity index (χ1n) is 8.83. The molecule has 29 heavy (non-hydrogen) atoms. The quantitative estimate of drug-likeness (QED) is 0.452. The summed E-state index contributed by atoms with van der Waals surface area (Å²) in [5, 5.41) is 0. The smallest absolute Gasteiger partial charge is 0.343 e. The highest BCUT2D eigenvalue weighted by Gasteiger charge is 2.23. The SMILES string of the molecule is COc1ccc(N(C)S(=O)(=O)c2cccc(C(=O)Oc3cccc(C)c3)c2)cc1. The van der Waals surface area contributed by atoms with Gasteiger partial charge in [-0.2, -0.15) is 0 Å². The molecule has 150 valence electrons. The fraction of sp³-hybridized carbons (Fsp3) is 0.136. The van der Waals surface area contributed by atoms with E-state index in [0.717, 1.165) is 9.87 Å². The van der Waals surface area contributed by atoms with Crippen molar-refractivity contribution in [3.8, 4) is 11.5 Å². The number of nitrogens with zero attached hydrogens (tertiary/aromatic N) is 1. The number of carbonyl (C=O) groups excluding carboxylic acids is 1. The van der Waals surface area contributed by atoms with Gasteiger partial charge in [-0.05, 0) is 67.1 Å². The Morgan fingerprint density at radius 2 is 1.59 bits per heavy atom. The van der Waals surface area contributed by atoms with Crippen molar-refractivity contribution in [2.45, 2.75) is 11.8 Å². The van der Waals surface area contributed by atoms with Crippen LogP contribution in [0, 0.1) is 6.92 Å². The second-order valence-electron chi connectivity index (χ2n) is 6.40. The zero-order chi connectivity index (χ0) is 21.0. The van der Waals surface area contributed by atoms with E-state index in [0.29, 0.717) is 17.2 Å². The minimum atomic E-state index is -3.86. The second kappa shape index (κ2) is 8.36. The largest absolute Gasteiger partial charge is 0.497 e. The number of benzene rings is 3. The molecule has 3 aromatic rings. The van der Waals surface area contributed by atoms with Gasteiger partial charge in [0.25, 0.3) is 10.0 Å². The molecular formula is C22H21NO5S. The van der Waals surface area contributed by atoms with Gasteiger partial charge in [-0.3, -0.25) is 4.31 Å². The summed E-state index contributed by atoms with van der Waals surface area (Å²) >= 11 is 0. The number of carbonyl (C=O) groups is 1. The highest BCUT2D eigenvalue weighted by molar-refractivity contribution is 7.92. The third kappa shape index (κ3) is 4.57. The normalized spacial score (nSPS) is 11.0. The fourth-order valence-corrected chi connectivity index (χ4v) is 3.96. The maximum atomic E-state index is 13.0. The van der Waals surface area contributed by atoms with Crippen LogP contribution in [0.3, 0.4) is 0 Å². The highest BCUT2D eigenvalue weighted by atomic mass is 32.2. The average molecular weight is 411 g/mol. The number of aryl methyl sites for hydroxylation is 1. The number of sulfonamides is 1. The molecule has 0 aromatic heterocycles. The summed E-state index contributed by atoms with van der Waals surface area (Å²) in [7, 11) is -0.871. The Labute approximate surface area is 170 Å². The summed E-state index contributed by atoms with van der Waals surface area (Å²) < 4.78 is 37.6. The third-order valence-electron chi connectivity index (χ3n) is 4.36. The van der Waals surface area contributed by atoms with Crippen LogP contribution < -0.4 is 13.8 Å². The number of methoxy groups -OCH3 is 1. The van der Waals surface area contributed by atoms with Crippen LogP contribution in [0.15, 0.2) is 77.7 Å². The summed E-state index contributed by atoms with van der Waals surface area (Å²) in [4.78, 5) is 12.5. The van der Waals surface area contributed by atoms with E-state index in [1.807, 2.05) is 13.0 Å². The number of hydrogen-bond acceptors (Lipinski definition) is 5. The first-order valence-corrected chi connectivity index (χ1v) is 10.3. The molecule has 0 heterocycles. The van der Waals surface area contributed by atoms with Gasteiger partial charge in [0.2, 0.25) is 0 Å². The molecule has 0 aliphatic carbocycles. The highest BCUT2D eigenvalue weighted by Crippen LogP contribution is 2.25. The van der Waals surface area contributed by atoms with Gasteiger partial charge in [0, 0.05) is 7.05 Å². The van der Waals surface area contributed by atoms with Crippen molar-refractivity contribution in [2.75, 3.05) is 18.5 Å². The van der Waals surface area contributed by atoms with Gasteiger partial charge < -0.3 is 9.47 Å². The zero-order valence-corrected chi connectivity index (χ0v) is 17.1. The molecule has 0 fully saturated rings. The van der Waals surface area contributed by atoms with Crippen LogP contribution >= 0.6 is 0 Å². The van der Waals surface area contributed by atoms with Crippen LogP contribution in [0.4, 0.5) is 5.69 Å². The van der Waals surface area contributed by atoms with Gasteiger partial charge in [-0.25, -0.2) is 13.2 Å². The minimum absolute atomic E-state index is 0.00508. The van der Waals surface area contributed by atoms with E-state index in [4.69, 9.17) is 9.47 Å². The van der Waals surface area contributed by atoms with E-state index in [2.05, 4.69) is 0 Å². The molecule has 0 saturated heterocycles. The Morgan fingerprint density at radius 3 is 2.24 bits per heavy atom. The summed E-state index contributed by atoms with van der Waals surface area (Å²) in [6, 6.07) is 19.5. The summed E-state index contributed by atoms with van der Waals surface area (Å²) in [5.74, 6) is 0.402. The van der Waals surface area contributed by atoms with E-state index >= 15 is 0 Å². The van der Waals surface area contributed by atoms with Crippen LogP contribution in [0.1, 0.15) is 15.9 Å². The molecule has 0 aliphatic rings. The van der Waals surface area contributed by atoms with E-state index < -0.39 is 16.0 Å². The van der Waals surface area contributed by atoms with Gasteiger partial charge in [-0.1, -0.05) is 18.2 Å². The van der Waals surface area contributed by atoms with Crippen LogP contribution in [0.2, 0.25) is 0 Å². The van der Waals surface area contributed by atoms with Gasteiger partial charge >= 0.3 is 5.97 Å². The lowest BCUT2D eigenvalue weighted by atomic mass is 10.2. The molecule has 0 N–H and O–H groups in total. The van der Waals surface area contributed by atoms with Crippen LogP contribution in [0.5, 0.6) is 11.5 Å².